The zero-order chi connectivity index (χ0) is 33.5. The van der Waals surface area contributed by atoms with Gasteiger partial charge in [0.25, 0.3) is 0 Å². The first-order valence-electron chi connectivity index (χ1n) is 16.5. The average Bonchev–Trinajstić information content (AvgIpc) is 3.70. The highest BCUT2D eigenvalue weighted by Crippen LogP contribution is 2.43. The van der Waals surface area contributed by atoms with Crippen molar-refractivity contribution in [3.05, 3.63) is 75.0 Å². The van der Waals surface area contributed by atoms with Gasteiger partial charge in [0.05, 0.1) is 47.0 Å². The van der Waals surface area contributed by atoms with Crippen molar-refractivity contribution in [2.45, 2.75) is 68.2 Å². The van der Waals surface area contributed by atoms with Gasteiger partial charge in [0.1, 0.15) is 11.4 Å². The third kappa shape index (κ3) is 5.98. The van der Waals surface area contributed by atoms with E-state index in [1.54, 1.807) is 0 Å². The molecule has 0 radical (unpaired) electrons. The number of rotatable bonds is 2. The number of carbonyl (C=O) groups is 1. The fraction of sp³-hybridized carbons (Fsp3) is 0.417. The summed E-state index contributed by atoms with van der Waals surface area (Å²) in [4.78, 5) is 14.6. The molecule has 2 aliphatic heterocycles. The zero-order valence-electron chi connectivity index (χ0n) is 28.1. The van der Waals surface area contributed by atoms with Crippen LogP contribution < -0.4 is 10.1 Å². The molecular formula is C36H41ClN6O3S2. The second kappa shape index (κ2) is 13.8. The lowest BCUT2D eigenvalue weighted by Crippen LogP contribution is -2.14. The van der Waals surface area contributed by atoms with Gasteiger partial charge in [-0.05, 0) is 74.9 Å². The number of carbonyl (C=O) groups excluding carboxylic acids is 1. The number of halogens is 1. The fourth-order valence-electron chi connectivity index (χ4n) is 7.16. The van der Waals surface area contributed by atoms with Gasteiger partial charge in [0.2, 0.25) is 0 Å². The van der Waals surface area contributed by atoms with E-state index >= 15 is 0 Å². The van der Waals surface area contributed by atoms with E-state index < -0.39 is 0 Å². The first kappa shape index (κ1) is 33.0. The molecule has 5 heterocycles. The van der Waals surface area contributed by atoms with Crippen LogP contribution in [-0.4, -0.2) is 50.4 Å². The second-order valence-electron chi connectivity index (χ2n) is 12.4. The van der Waals surface area contributed by atoms with E-state index in [4.69, 9.17) is 31.3 Å². The average molecular weight is 705 g/mol. The van der Waals surface area contributed by atoms with Crippen LogP contribution in [0.25, 0.3) is 22.0 Å². The Kier molecular flexibility index (Phi) is 9.45. The second-order valence-corrected chi connectivity index (χ2v) is 14.8. The number of aromatic nitrogens is 5. The highest BCUT2D eigenvalue weighted by molar-refractivity contribution is 7.98. The van der Waals surface area contributed by atoms with E-state index in [9.17, 15) is 4.79 Å². The standard InChI is InChI=1S/C36H41ClN6O3S2/c1-6-43-29-20-47-18-23-16-24(42(4)40-23)19-48-25-15-22-9-7-13-38-33(22)30(17-25)46-14-8-10-26-27-11-12-28(37)32(31(29)21(2)39-43)34(27)41(3)35(26)36(44)45-5/h11-12,15-17,38H,6-10,13-14,18-20H2,1-5H3. The lowest BCUT2D eigenvalue weighted by Gasteiger charge is -2.22. The maximum Gasteiger partial charge on any atom is 0.354 e. The molecule has 0 atom stereocenters. The number of aryl methyl sites for hydroxylation is 6. The first-order valence-corrected chi connectivity index (χ1v) is 19.0. The lowest BCUT2D eigenvalue weighted by molar-refractivity contribution is 0.0589. The molecule has 12 heteroatoms. The van der Waals surface area contributed by atoms with Crippen LogP contribution in [0.3, 0.4) is 0 Å². The molecule has 7 rings (SSSR count). The monoisotopic (exact) mass is 704 g/mol. The summed E-state index contributed by atoms with van der Waals surface area (Å²) in [6, 6.07) is 10.7. The van der Waals surface area contributed by atoms with Crippen LogP contribution in [0.15, 0.2) is 35.2 Å². The molecule has 0 saturated carbocycles. The van der Waals surface area contributed by atoms with Gasteiger partial charge in [-0.15, -0.1) is 23.5 Å². The molecule has 2 aromatic carbocycles. The number of nitrogens with zero attached hydrogens (tertiary/aromatic N) is 5. The number of methoxy groups -OCH3 is 1. The van der Waals surface area contributed by atoms with Gasteiger partial charge in [0.15, 0.2) is 0 Å². The van der Waals surface area contributed by atoms with Crippen molar-refractivity contribution in [1.82, 2.24) is 24.1 Å². The maximum absolute atomic E-state index is 13.4. The van der Waals surface area contributed by atoms with Crippen molar-refractivity contribution in [1.29, 1.82) is 0 Å². The Bertz CT molecular complexity index is 2030. The minimum atomic E-state index is -0.365. The molecule has 8 bridgehead atoms. The summed E-state index contributed by atoms with van der Waals surface area (Å²) in [6.07, 6.45) is 3.50. The molecule has 5 aromatic rings. The number of hydrogen-bond acceptors (Lipinski definition) is 8. The summed E-state index contributed by atoms with van der Waals surface area (Å²) < 4.78 is 17.9. The van der Waals surface area contributed by atoms with Crippen LogP contribution in [0.4, 0.5) is 5.69 Å². The van der Waals surface area contributed by atoms with Gasteiger partial charge in [-0.2, -0.15) is 10.2 Å². The number of esters is 1. The minimum absolute atomic E-state index is 0.365. The van der Waals surface area contributed by atoms with Crippen LogP contribution in [0.5, 0.6) is 5.75 Å². The topological polar surface area (TPSA) is 88.1 Å². The molecule has 0 saturated heterocycles. The van der Waals surface area contributed by atoms with E-state index in [2.05, 4.69) is 35.1 Å². The Hall–Kier alpha value is -3.54. The van der Waals surface area contributed by atoms with Crippen molar-refractivity contribution in [2.24, 2.45) is 14.1 Å². The fourth-order valence-corrected chi connectivity index (χ4v) is 9.35. The van der Waals surface area contributed by atoms with Crippen LogP contribution in [0.2, 0.25) is 5.02 Å². The number of hydrogen-bond donors (Lipinski definition) is 1. The largest absolute Gasteiger partial charge is 0.491 e. The highest BCUT2D eigenvalue weighted by Gasteiger charge is 2.28. The Morgan fingerprint density at radius 1 is 1.08 bits per heavy atom. The van der Waals surface area contributed by atoms with Crippen LogP contribution >= 0.6 is 35.1 Å². The van der Waals surface area contributed by atoms with Crippen molar-refractivity contribution in [3.8, 4) is 16.9 Å². The molecular weight excluding hydrogens is 664 g/mol. The smallest absolute Gasteiger partial charge is 0.354 e. The molecule has 252 valence electrons. The molecule has 1 N–H and O–H groups in total. The van der Waals surface area contributed by atoms with Gasteiger partial charge in [-0.25, -0.2) is 4.79 Å². The van der Waals surface area contributed by atoms with E-state index in [1.165, 1.54) is 23.3 Å². The van der Waals surface area contributed by atoms with Crippen molar-refractivity contribution >= 4 is 57.7 Å². The molecule has 3 aromatic heterocycles. The highest BCUT2D eigenvalue weighted by atomic mass is 35.5. The summed E-state index contributed by atoms with van der Waals surface area (Å²) in [7, 11) is 5.40. The molecule has 0 unspecified atom stereocenters. The van der Waals surface area contributed by atoms with Crippen molar-refractivity contribution in [3.63, 3.8) is 0 Å². The zero-order valence-corrected chi connectivity index (χ0v) is 30.5. The van der Waals surface area contributed by atoms with Gasteiger partial charge in [-0.3, -0.25) is 9.36 Å². The Morgan fingerprint density at radius 2 is 1.94 bits per heavy atom. The number of thioether (sulfide) groups is 2. The quantitative estimate of drug-likeness (QED) is 0.185. The van der Waals surface area contributed by atoms with Crippen LogP contribution in [0.1, 0.15) is 64.2 Å². The number of fused-ring (bicyclic) bond motifs is 8. The molecule has 0 amide bonds. The lowest BCUT2D eigenvalue weighted by atomic mass is 9.98. The van der Waals surface area contributed by atoms with Gasteiger partial charge >= 0.3 is 5.97 Å². The molecule has 0 fully saturated rings. The number of benzene rings is 2. The number of anilines is 1. The first-order chi connectivity index (χ1) is 23.3. The number of ether oxygens (including phenoxy) is 2. The summed E-state index contributed by atoms with van der Waals surface area (Å²) in [5, 5.41) is 15.0. The summed E-state index contributed by atoms with van der Waals surface area (Å²) in [5.41, 5.74) is 11.0. The third-order valence-corrected chi connectivity index (χ3v) is 11.7. The summed E-state index contributed by atoms with van der Waals surface area (Å²) >= 11 is 10.7. The van der Waals surface area contributed by atoms with Crippen molar-refractivity contribution in [2.75, 3.05) is 25.6 Å². The number of nitrogens with one attached hydrogen (secondary N) is 1. The molecule has 2 aliphatic rings. The SMILES string of the molecule is CCn1nc(C)c2c1CSCc1cc(n(C)n1)CSc1cc3c(c(c1)OCCCc1c(C(=O)OC)n(C)c4c-2c(Cl)ccc14)NCCC3. The van der Waals surface area contributed by atoms with Gasteiger partial charge in [-0.1, -0.05) is 17.7 Å². The third-order valence-electron chi connectivity index (χ3n) is 9.38. The summed E-state index contributed by atoms with van der Waals surface area (Å²) in [5.74, 6) is 2.85. The van der Waals surface area contributed by atoms with E-state index in [1.807, 2.05) is 65.9 Å². The van der Waals surface area contributed by atoms with E-state index in [-0.39, 0.29) is 5.97 Å². The van der Waals surface area contributed by atoms with Crippen LogP contribution in [0, 0.1) is 6.92 Å². The van der Waals surface area contributed by atoms with Gasteiger partial charge < -0.3 is 19.4 Å². The molecule has 48 heavy (non-hydrogen) atoms. The van der Waals surface area contributed by atoms with Gasteiger partial charge in [0, 0.05) is 71.5 Å². The van der Waals surface area contributed by atoms with Crippen molar-refractivity contribution < 1.29 is 14.3 Å². The normalized spacial score (nSPS) is 15.3. The minimum Gasteiger partial charge on any atom is -0.491 e. The Labute approximate surface area is 294 Å². The van der Waals surface area contributed by atoms with Crippen LogP contribution in [-0.2, 0) is 55.5 Å². The maximum atomic E-state index is 13.4. The molecule has 0 spiro atoms. The Balaban J connectivity index is 1.36. The van der Waals surface area contributed by atoms with E-state index in [0.29, 0.717) is 23.7 Å². The predicted octanol–water partition coefficient (Wildman–Crippen LogP) is 7.95. The molecule has 0 aliphatic carbocycles. The van der Waals surface area contributed by atoms with E-state index in [0.717, 1.165) is 106 Å². The summed E-state index contributed by atoms with van der Waals surface area (Å²) in [6.45, 7) is 6.34. The Morgan fingerprint density at radius 3 is 2.75 bits per heavy atom. The molecule has 9 nitrogen and oxygen atoms in total. The predicted molar refractivity (Wildman–Crippen MR) is 196 cm³/mol.